The second-order valence-corrected chi connectivity index (χ2v) is 22.8. The van der Waals surface area contributed by atoms with E-state index in [1.807, 2.05) is 57.5 Å². The number of anilines is 1. The molecule has 72 heavy (non-hydrogen) atoms. The van der Waals surface area contributed by atoms with Crippen LogP contribution in [-0.2, 0) is 35.7 Å². The van der Waals surface area contributed by atoms with E-state index in [4.69, 9.17) is 9.47 Å². The number of rotatable bonds is 20. The summed E-state index contributed by atoms with van der Waals surface area (Å²) in [5.74, 6) is -0.202. The average molecular weight is 1020 g/mol. The molecule has 5 N–H and O–H groups in total. The number of β-amino-alcohol motifs (C(OH)–C–C–N with tert-alkyl or cyclic N) is 1. The fourth-order valence-corrected chi connectivity index (χ4v) is 12.8. The summed E-state index contributed by atoms with van der Waals surface area (Å²) in [6, 6.07) is 26.6. The number of ether oxygens (including phenoxy) is 2. The fourth-order valence-electron chi connectivity index (χ4n) is 9.97. The van der Waals surface area contributed by atoms with Crippen LogP contribution < -0.4 is 19.7 Å². The van der Waals surface area contributed by atoms with Crippen LogP contribution >= 0.6 is 11.3 Å². The molecule has 0 aliphatic carbocycles. The van der Waals surface area contributed by atoms with E-state index < -0.39 is 57.0 Å². The lowest BCUT2D eigenvalue weighted by molar-refractivity contribution is -0.144. The number of fused-ring (bicyclic) bond motifs is 2. The Morgan fingerprint density at radius 2 is 1.49 bits per heavy atom. The maximum atomic E-state index is 14.5. The number of nitrogens with one attached hydrogen (secondary N) is 2. The molecule has 4 heterocycles. The minimum absolute atomic E-state index is 0.00166. The Kier molecular flexibility index (Phi) is 16.1. The van der Waals surface area contributed by atoms with Crippen molar-refractivity contribution in [2.45, 2.75) is 122 Å². The van der Waals surface area contributed by atoms with Gasteiger partial charge >= 0.3 is 0 Å². The maximum absolute atomic E-state index is 14.5. The van der Waals surface area contributed by atoms with Crippen molar-refractivity contribution in [2.75, 3.05) is 24.0 Å². The smallest absolute Gasteiger partial charge is 0.246 e. The summed E-state index contributed by atoms with van der Waals surface area (Å²) < 4.78 is 42.8. The molecule has 2 fully saturated rings. The van der Waals surface area contributed by atoms with Crippen molar-refractivity contribution >= 4 is 55.9 Å². The van der Waals surface area contributed by atoms with Crippen LogP contribution in [0.5, 0.6) is 17.2 Å². The first-order valence-corrected chi connectivity index (χ1v) is 27.1. The van der Waals surface area contributed by atoms with Crippen LogP contribution in [0.25, 0.3) is 21.6 Å². The van der Waals surface area contributed by atoms with Gasteiger partial charge in [-0.3, -0.25) is 18.7 Å². The third-order valence-electron chi connectivity index (χ3n) is 13.7. The number of benzene rings is 4. The quantitative estimate of drug-likeness (QED) is 0.0473. The van der Waals surface area contributed by atoms with Crippen molar-refractivity contribution in [3.05, 3.63) is 125 Å². The number of aromatic hydroxyl groups is 2. The molecule has 3 aliphatic rings. The number of phenolic OH excluding ortho intramolecular Hbond substituents is 2. The molecular formula is C55H65N5O10S2. The number of amides is 3. The molecule has 0 spiro atoms. The molecule has 5 aromatic rings. The van der Waals surface area contributed by atoms with Crippen LogP contribution in [0.3, 0.4) is 0 Å². The van der Waals surface area contributed by atoms with Crippen LogP contribution in [0, 0.1) is 12.3 Å². The number of hydrogen-bond donors (Lipinski definition) is 5. The number of sulfonamides is 1. The van der Waals surface area contributed by atoms with Gasteiger partial charge in [0, 0.05) is 32.5 Å². The zero-order valence-corrected chi connectivity index (χ0v) is 43.0. The number of aliphatic hydroxyl groups excluding tert-OH is 1. The number of aryl methyl sites for hydroxylation is 1. The topological polar surface area (TPSA) is 208 Å². The molecule has 6 atom stereocenters. The summed E-state index contributed by atoms with van der Waals surface area (Å²) in [4.78, 5) is 47.6. The first-order valence-electron chi connectivity index (χ1n) is 24.7. The lowest BCUT2D eigenvalue weighted by atomic mass is 9.83. The van der Waals surface area contributed by atoms with Crippen LogP contribution in [0.4, 0.5) is 5.69 Å². The summed E-state index contributed by atoms with van der Waals surface area (Å²) >= 11 is 1.57. The minimum Gasteiger partial charge on any atom is -0.508 e. The van der Waals surface area contributed by atoms with Crippen molar-refractivity contribution < 1.29 is 47.6 Å². The number of carbonyl (C=O) groups is 3. The van der Waals surface area contributed by atoms with Gasteiger partial charge in [-0.2, -0.15) is 0 Å². The van der Waals surface area contributed by atoms with Gasteiger partial charge in [0.1, 0.15) is 40.7 Å². The predicted molar refractivity (Wildman–Crippen MR) is 279 cm³/mol. The van der Waals surface area contributed by atoms with Crippen molar-refractivity contribution in [1.29, 1.82) is 0 Å². The van der Waals surface area contributed by atoms with E-state index in [9.17, 15) is 38.1 Å². The molecule has 0 radical (unpaired) electrons. The number of hydrogen-bond acceptors (Lipinski definition) is 12. The first-order chi connectivity index (χ1) is 34.4. The van der Waals surface area contributed by atoms with Crippen molar-refractivity contribution in [2.24, 2.45) is 5.41 Å². The highest BCUT2D eigenvalue weighted by Crippen LogP contribution is 2.51. The van der Waals surface area contributed by atoms with Crippen molar-refractivity contribution in [3.8, 4) is 27.7 Å². The number of likely N-dealkylation sites (tertiary alicyclic amines) is 1. The van der Waals surface area contributed by atoms with Gasteiger partial charge in [0.25, 0.3) is 0 Å². The highest BCUT2D eigenvalue weighted by atomic mass is 32.2. The standard InChI is InChI=1S/C55H65N5O10S2/c1-6-60(72(67,68)46-30-45-48(36-16-22-40(61)23-17-36)49(50(46)70-45)37-18-24-41(62)25-19-37)39-20-26-43(27-21-39)69-28-10-8-7-9-11-47(64)58-52(55(3,4)5)54(66)59-32-42(63)29-44(59)53(65)56-31-35-12-14-38(15-13-35)51-34(2)57-33-71-51/h12-27,33,42,44-46,50,52,61-63H,6-11,28-32H2,1-5H3,(H,56,65)(H,58,64)/t42-,44+,45?,46?,50?,52-/m1/s1. The molecule has 17 heteroatoms. The summed E-state index contributed by atoms with van der Waals surface area (Å²) in [5, 5.41) is 35.6. The van der Waals surface area contributed by atoms with Crippen LogP contribution in [0.2, 0.25) is 0 Å². The van der Waals surface area contributed by atoms with Crippen molar-refractivity contribution in [1.82, 2.24) is 20.5 Å². The lowest BCUT2D eigenvalue weighted by Gasteiger charge is -2.35. The maximum Gasteiger partial charge on any atom is 0.246 e. The van der Waals surface area contributed by atoms with Gasteiger partial charge in [-0.15, -0.1) is 11.3 Å². The largest absolute Gasteiger partial charge is 0.508 e. The number of unbranched alkanes of at least 4 members (excludes halogenated alkanes) is 3. The molecule has 8 rings (SSSR count). The lowest BCUT2D eigenvalue weighted by Crippen LogP contribution is -2.57. The molecule has 1 aromatic heterocycles. The van der Waals surface area contributed by atoms with Gasteiger partial charge in [0.05, 0.1) is 40.6 Å². The SMILES string of the molecule is CCN(c1ccc(OCCCCCCC(=O)N[C@H](C(=O)N2C[C@H](O)C[C@H]2C(=O)NCc2ccc(-c3scnc3C)cc2)C(C)(C)C)cc1)S(=O)(=O)C1CC2OC1C(c1ccc(O)cc1)=C2c1ccc(O)cc1. The van der Waals surface area contributed by atoms with Gasteiger partial charge in [-0.25, -0.2) is 13.4 Å². The zero-order chi connectivity index (χ0) is 51.3. The molecular weight excluding hydrogens is 955 g/mol. The Hall–Kier alpha value is -6.27. The summed E-state index contributed by atoms with van der Waals surface area (Å²) in [6.45, 7) is 10.2. The molecule has 15 nitrogen and oxygen atoms in total. The van der Waals surface area contributed by atoms with Crippen LogP contribution in [-0.4, -0.2) is 107 Å². The van der Waals surface area contributed by atoms with E-state index in [1.54, 1.807) is 91.1 Å². The predicted octanol–water partition coefficient (Wildman–Crippen LogP) is 7.97. The Labute approximate surface area is 426 Å². The van der Waals surface area contributed by atoms with E-state index in [0.29, 0.717) is 24.5 Å². The van der Waals surface area contributed by atoms with E-state index in [-0.39, 0.29) is 62.2 Å². The number of carbonyl (C=O) groups excluding carboxylic acids is 3. The molecule has 2 saturated heterocycles. The van der Waals surface area contributed by atoms with E-state index >= 15 is 0 Å². The van der Waals surface area contributed by atoms with Gasteiger partial charge in [-0.1, -0.05) is 82.1 Å². The van der Waals surface area contributed by atoms with Gasteiger partial charge in [0.2, 0.25) is 27.7 Å². The number of aliphatic hydroxyl groups is 1. The second kappa shape index (κ2) is 22.2. The van der Waals surface area contributed by atoms with Gasteiger partial charge < -0.3 is 40.3 Å². The Morgan fingerprint density at radius 3 is 2.10 bits per heavy atom. The summed E-state index contributed by atoms with van der Waals surface area (Å²) in [7, 11) is -3.92. The highest BCUT2D eigenvalue weighted by Gasteiger charge is 2.54. The molecule has 0 saturated carbocycles. The summed E-state index contributed by atoms with van der Waals surface area (Å²) in [6.07, 6.45) is 1.40. The number of thiazole rings is 1. The van der Waals surface area contributed by atoms with Crippen LogP contribution in [0.1, 0.15) is 95.0 Å². The molecule has 4 aromatic carbocycles. The van der Waals surface area contributed by atoms with Gasteiger partial charge in [0.15, 0.2) is 0 Å². The van der Waals surface area contributed by atoms with E-state index in [1.165, 1.54) is 9.21 Å². The first kappa shape index (κ1) is 52.1. The Balaban J connectivity index is 0.786. The van der Waals surface area contributed by atoms with E-state index in [0.717, 1.165) is 63.2 Å². The highest BCUT2D eigenvalue weighted by molar-refractivity contribution is 7.93. The normalized spacial score (nSPS) is 20.1. The minimum atomic E-state index is -3.92. The number of aromatic nitrogens is 1. The monoisotopic (exact) mass is 1020 g/mol. The molecule has 2 bridgehead atoms. The third-order valence-corrected chi connectivity index (χ3v) is 17.0. The second-order valence-electron chi connectivity index (χ2n) is 19.9. The summed E-state index contributed by atoms with van der Waals surface area (Å²) in [5.41, 5.74) is 7.78. The number of phenols is 2. The molecule has 382 valence electrons. The Morgan fingerprint density at radius 1 is 0.861 bits per heavy atom. The van der Waals surface area contributed by atoms with E-state index in [2.05, 4.69) is 15.6 Å². The van der Waals surface area contributed by atoms with Crippen LogP contribution in [0.15, 0.2) is 103 Å². The Bertz CT molecular complexity index is 2850. The zero-order valence-electron chi connectivity index (χ0n) is 41.4. The van der Waals surface area contributed by atoms with Gasteiger partial charge in [-0.05, 0) is 120 Å². The molecule has 3 amide bonds. The third kappa shape index (κ3) is 11.6. The molecule has 3 aliphatic heterocycles. The molecule has 3 unspecified atom stereocenters. The van der Waals surface area contributed by atoms with Crippen molar-refractivity contribution in [3.63, 3.8) is 0 Å². The number of nitrogens with zero attached hydrogens (tertiary/aromatic N) is 3. The fraction of sp³-hybridized carbons (Fsp3) is 0.418. The average Bonchev–Trinajstić information content (AvgIpc) is 4.17.